The molecule has 0 atom stereocenters. The standard InChI is InChI=1S/C31H49N7O2Si/c1-20(2)38(10)31-26(15-17-41(21(3)4,22(5)6)23(7)8)36-28(29(32)40)30(37-31)35-25-13-11-12-24(18-25)14-16-34-27(39)19-33-9/h11-13,18,20-23,33H,14,16,19H2,1-10H3,(H2,32,40)(H,34,39)(H,35,37). The Kier molecular flexibility index (Phi) is 12.3. The van der Waals surface area contributed by atoms with Crippen molar-refractivity contribution in [3.63, 3.8) is 0 Å². The molecule has 0 aliphatic carbocycles. The molecule has 1 heterocycles. The third-order valence-corrected chi connectivity index (χ3v) is 14.0. The number of anilines is 3. The fraction of sp³-hybridized carbons (Fsp3) is 0.548. The van der Waals surface area contributed by atoms with Gasteiger partial charge in [-0.3, -0.25) is 9.59 Å². The number of nitrogens with two attached hydrogens (primary N) is 1. The van der Waals surface area contributed by atoms with Crippen molar-refractivity contribution in [2.45, 2.75) is 84.5 Å². The lowest BCUT2D eigenvalue weighted by Gasteiger charge is -2.38. The van der Waals surface area contributed by atoms with Gasteiger partial charge in [-0.2, -0.15) is 0 Å². The summed E-state index contributed by atoms with van der Waals surface area (Å²) in [4.78, 5) is 36.0. The number of benzene rings is 1. The van der Waals surface area contributed by atoms with Crippen LogP contribution < -0.4 is 26.6 Å². The average molecular weight is 580 g/mol. The summed E-state index contributed by atoms with van der Waals surface area (Å²) >= 11 is 0. The molecule has 2 amide bonds. The maximum atomic E-state index is 12.6. The van der Waals surface area contributed by atoms with E-state index in [0.717, 1.165) is 11.3 Å². The molecule has 0 radical (unpaired) electrons. The first-order valence-corrected chi connectivity index (χ1v) is 16.7. The highest BCUT2D eigenvalue weighted by atomic mass is 28.3. The molecule has 0 saturated carbocycles. The maximum Gasteiger partial charge on any atom is 0.271 e. The Morgan fingerprint density at radius 2 is 1.66 bits per heavy atom. The smallest absolute Gasteiger partial charge is 0.271 e. The van der Waals surface area contributed by atoms with Gasteiger partial charge >= 0.3 is 0 Å². The fourth-order valence-corrected chi connectivity index (χ4v) is 10.6. The van der Waals surface area contributed by atoms with E-state index < -0.39 is 14.0 Å². The SMILES string of the molecule is CNCC(=O)NCCc1cccc(Nc2nc(N(C)C(C)C)c(C#C[Si](C(C)C)(C(C)C)C(C)C)nc2C(N)=O)c1. The summed E-state index contributed by atoms with van der Waals surface area (Å²) in [7, 11) is 1.64. The number of primary amides is 1. The van der Waals surface area contributed by atoms with Crippen molar-refractivity contribution in [2.24, 2.45) is 5.73 Å². The van der Waals surface area contributed by atoms with Gasteiger partial charge in [0.15, 0.2) is 23.0 Å². The van der Waals surface area contributed by atoms with Crippen molar-refractivity contribution in [1.82, 2.24) is 20.6 Å². The van der Waals surface area contributed by atoms with E-state index >= 15 is 0 Å². The molecular formula is C31H49N7O2Si. The van der Waals surface area contributed by atoms with Gasteiger partial charge in [-0.15, -0.1) is 5.54 Å². The summed E-state index contributed by atoms with van der Waals surface area (Å²) in [5, 5.41) is 8.99. The average Bonchev–Trinajstić information content (AvgIpc) is 2.88. The summed E-state index contributed by atoms with van der Waals surface area (Å²) in [5.74, 6) is 3.55. The van der Waals surface area contributed by atoms with Gasteiger partial charge in [0.05, 0.1) is 6.54 Å². The first-order chi connectivity index (χ1) is 19.2. The number of aromatic nitrogens is 2. The lowest BCUT2D eigenvalue weighted by molar-refractivity contribution is -0.120. The number of nitrogens with one attached hydrogen (secondary N) is 3. The second-order valence-electron chi connectivity index (χ2n) is 11.8. The molecule has 0 aliphatic heterocycles. The summed E-state index contributed by atoms with van der Waals surface area (Å²) < 4.78 is 0. The van der Waals surface area contributed by atoms with E-state index in [1.54, 1.807) is 7.05 Å². The van der Waals surface area contributed by atoms with Crippen LogP contribution in [0.15, 0.2) is 24.3 Å². The van der Waals surface area contributed by atoms with Crippen LogP contribution in [0.1, 0.15) is 77.1 Å². The molecule has 0 saturated heterocycles. The lowest BCUT2D eigenvalue weighted by Crippen LogP contribution is -2.43. The van der Waals surface area contributed by atoms with Crippen molar-refractivity contribution in [2.75, 3.05) is 37.4 Å². The summed E-state index contributed by atoms with van der Waals surface area (Å²) in [6.07, 6.45) is 0.655. The van der Waals surface area contributed by atoms with Gasteiger partial charge in [0.25, 0.3) is 5.91 Å². The van der Waals surface area contributed by atoms with Crippen molar-refractivity contribution in [3.8, 4) is 11.5 Å². The van der Waals surface area contributed by atoms with Gasteiger partial charge in [-0.25, -0.2) is 9.97 Å². The second kappa shape index (κ2) is 15.0. The van der Waals surface area contributed by atoms with Crippen LogP contribution in [0.5, 0.6) is 0 Å². The third-order valence-electron chi connectivity index (χ3n) is 7.75. The Labute approximate surface area is 247 Å². The monoisotopic (exact) mass is 579 g/mol. The zero-order valence-corrected chi connectivity index (χ0v) is 27.5. The Hall–Kier alpha value is -3.42. The molecule has 5 N–H and O–H groups in total. The number of hydrogen-bond acceptors (Lipinski definition) is 7. The fourth-order valence-electron chi connectivity index (χ4n) is 5.37. The number of likely N-dealkylation sites (N-methyl/N-ethyl adjacent to an activating group) is 1. The predicted molar refractivity (Wildman–Crippen MR) is 172 cm³/mol. The van der Waals surface area contributed by atoms with Gasteiger partial charge in [-0.1, -0.05) is 59.6 Å². The molecule has 41 heavy (non-hydrogen) atoms. The number of carbonyl (C=O) groups excluding carboxylic acids is 2. The molecule has 0 aliphatic rings. The Bertz CT molecular complexity index is 1240. The highest BCUT2D eigenvalue weighted by Gasteiger charge is 2.41. The lowest BCUT2D eigenvalue weighted by atomic mass is 10.1. The molecule has 9 nitrogen and oxygen atoms in total. The molecule has 1 aromatic carbocycles. The van der Waals surface area contributed by atoms with Gasteiger partial charge < -0.3 is 26.6 Å². The molecule has 1 aromatic heterocycles. The molecule has 10 heteroatoms. The molecule has 0 bridgehead atoms. The number of carbonyl (C=O) groups is 2. The normalized spacial score (nSPS) is 11.6. The van der Waals surface area contributed by atoms with E-state index in [1.807, 2.05) is 36.2 Å². The first-order valence-electron chi connectivity index (χ1n) is 14.5. The largest absolute Gasteiger partial charge is 0.364 e. The topological polar surface area (TPSA) is 125 Å². The van der Waals surface area contributed by atoms with E-state index in [0.29, 0.717) is 41.1 Å². The van der Waals surface area contributed by atoms with E-state index in [2.05, 4.69) is 82.8 Å². The third kappa shape index (κ3) is 8.54. The van der Waals surface area contributed by atoms with Crippen LogP contribution in [-0.2, 0) is 11.2 Å². The van der Waals surface area contributed by atoms with Gasteiger partial charge in [0.1, 0.15) is 8.07 Å². The number of hydrogen-bond donors (Lipinski definition) is 4. The predicted octanol–water partition coefficient (Wildman–Crippen LogP) is 4.61. The number of rotatable bonds is 13. The van der Waals surface area contributed by atoms with Crippen LogP contribution in [0.25, 0.3) is 0 Å². The first kappa shape index (κ1) is 33.8. The molecule has 0 fully saturated rings. The summed E-state index contributed by atoms with van der Waals surface area (Å²) in [6, 6.07) is 7.88. The van der Waals surface area contributed by atoms with Crippen molar-refractivity contribution in [1.29, 1.82) is 0 Å². The Morgan fingerprint density at radius 3 is 2.20 bits per heavy atom. The maximum absolute atomic E-state index is 12.6. The van der Waals surface area contributed by atoms with Crippen LogP contribution in [0.2, 0.25) is 16.6 Å². The molecule has 0 spiro atoms. The van der Waals surface area contributed by atoms with Crippen LogP contribution in [0.3, 0.4) is 0 Å². The van der Waals surface area contributed by atoms with Crippen LogP contribution in [0, 0.1) is 11.5 Å². The van der Waals surface area contributed by atoms with Crippen LogP contribution in [0.4, 0.5) is 17.3 Å². The van der Waals surface area contributed by atoms with Crippen molar-refractivity contribution >= 4 is 37.2 Å². The quantitative estimate of drug-likeness (QED) is 0.202. The Morgan fingerprint density at radius 1 is 1.02 bits per heavy atom. The number of amides is 2. The molecule has 0 unspecified atom stereocenters. The van der Waals surface area contributed by atoms with Gasteiger partial charge in [0, 0.05) is 25.3 Å². The number of nitrogens with zero attached hydrogens (tertiary/aromatic N) is 3. The van der Waals surface area contributed by atoms with E-state index in [4.69, 9.17) is 15.7 Å². The van der Waals surface area contributed by atoms with Crippen molar-refractivity contribution < 1.29 is 9.59 Å². The van der Waals surface area contributed by atoms with Crippen LogP contribution >= 0.6 is 0 Å². The summed E-state index contributed by atoms with van der Waals surface area (Å²) in [6.45, 7) is 18.5. The second-order valence-corrected chi connectivity index (χ2v) is 17.3. The highest BCUT2D eigenvalue weighted by Crippen LogP contribution is 2.41. The van der Waals surface area contributed by atoms with E-state index in [9.17, 15) is 9.59 Å². The Balaban J connectivity index is 2.56. The van der Waals surface area contributed by atoms with Crippen molar-refractivity contribution in [3.05, 3.63) is 41.2 Å². The molecular weight excluding hydrogens is 530 g/mol. The van der Waals surface area contributed by atoms with E-state index in [1.165, 1.54) is 0 Å². The minimum atomic E-state index is -2.05. The molecule has 2 aromatic rings. The highest BCUT2D eigenvalue weighted by molar-refractivity contribution is 6.90. The minimum Gasteiger partial charge on any atom is -0.364 e. The minimum absolute atomic E-state index is 0.0471. The van der Waals surface area contributed by atoms with Gasteiger partial charge in [0.2, 0.25) is 5.91 Å². The molecule has 224 valence electrons. The van der Waals surface area contributed by atoms with E-state index in [-0.39, 0.29) is 30.0 Å². The molecule has 2 rings (SSSR count). The zero-order valence-electron chi connectivity index (χ0n) is 26.5. The summed E-state index contributed by atoms with van der Waals surface area (Å²) in [5.41, 5.74) is 13.2. The zero-order chi connectivity index (χ0) is 30.9. The van der Waals surface area contributed by atoms with Crippen LogP contribution in [-0.4, -0.2) is 63.1 Å². The van der Waals surface area contributed by atoms with Gasteiger partial charge in [-0.05, 0) is 61.6 Å².